The van der Waals surface area contributed by atoms with Crippen molar-refractivity contribution in [2.45, 2.75) is 52.0 Å². The Bertz CT molecular complexity index is 309. The van der Waals surface area contributed by atoms with Crippen LogP contribution in [0.2, 0.25) is 0 Å². The second-order valence-corrected chi connectivity index (χ2v) is 6.37. The molecule has 0 aliphatic heterocycles. The highest BCUT2D eigenvalue weighted by atomic mass is 32.2. The molecule has 15 heavy (non-hydrogen) atoms. The van der Waals surface area contributed by atoms with Crippen LogP contribution in [0.25, 0.3) is 0 Å². The molecule has 0 aromatic carbocycles. The van der Waals surface area contributed by atoms with E-state index in [2.05, 4.69) is 10.0 Å². The molecule has 0 saturated heterocycles. The molecule has 0 heterocycles. The van der Waals surface area contributed by atoms with E-state index in [4.69, 9.17) is 0 Å². The molecule has 0 aliphatic rings. The van der Waals surface area contributed by atoms with Crippen LogP contribution in [0.4, 0.5) is 0 Å². The van der Waals surface area contributed by atoms with Crippen LogP contribution in [0.5, 0.6) is 0 Å². The van der Waals surface area contributed by atoms with Crippen LogP contribution in [0.15, 0.2) is 0 Å². The average molecular weight is 236 g/mol. The SMILES string of the molecule is CC(C)NC(=O)C(C)NS(=O)(=O)C(C)C. The summed E-state index contributed by atoms with van der Waals surface area (Å²) in [5.41, 5.74) is 0. The van der Waals surface area contributed by atoms with Gasteiger partial charge in [-0.3, -0.25) is 4.79 Å². The first-order valence-electron chi connectivity index (χ1n) is 4.98. The van der Waals surface area contributed by atoms with Crippen molar-refractivity contribution in [3.63, 3.8) is 0 Å². The Morgan fingerprint density at radius 1 is 1.07 bits per heavy atom. The number of carbonyl (C=O) groups is 1. The zero-order valence-corrected chi connectivity index (χ0v) is 10.7. The van der Waals surface area contributed by atoms with Crippen molar-refractivity contribution in [1.82, 2.24) is 10.0 Å². The predicted octanol–water partition coefficient (Wildman–Crippen LogP) is 0.227. The van der Waals surface area contributed by atoms with Gasteiger partial charge in [0.15, 0.2) is 0 Å². The van der Waals surface area contributed by atoms with Crippen molar-refractivity contribution < 1.29 is 13.2 Å². The fraction of sp³-hybridized carbons (Fsp3) is 0.889. The van der Waals surface area contributed by atoms with Gasteiger partial charge < -0.3 is 5.32 Å². The summed E-state index contributed by atoms with van der Waals surface area (Å²) in [6.45, 7) is 8.30. The molecule has 0 bridgehead atoms. The molecule has 0 fully saturated rings. The highest BCUT2D eigenvalue weighted by Crippen LogP contribution is 1.98. The van der Waals surface area contributed by atoms with Crippen molar-refractivity contribution >= 4 is 15.9 Å². The first kappa shape index (κ1) is 14.4. The molecular weight excluding hydrogens is 216 g/mol. The minimum absolute atomic E-state index is 0.00324. The molecule has 6 heteroatoms. The summed E-state index contributed by atoms with van der Waals surface area (Å²) >= 11 is 0. The predicted molar refractivity (Wildman–Crippen MR) is 59.9 cm³/mol. The zero-order valence-electron chi connectivity index (χ0n) is 9.87. The summed E-state index contributed by atoms with van der Waals surface area (Å²) in [5, 5.41) is 2.10. The number of rotatable bonds is 5. The highest BCUT2D eigenvalue weighted by Gasteiger charge is 2.22. The first-order chi connectivity index (χ1) is 6.66. The molecule has 5 nitrogen and oxygen atoms in total. The van der Waals surface area contributed by atoms with Gasteiger partial charge in [-0.05, 0) is 34.6 Å². The molecule has 0 aromatic heterocycles. The lowest BCUT2D eigenvalue weighted by atomic mass is 10.3. The lowest BCUT2D eigenvalue weighted by Crippen LogP contribution is -2.48. The third kappa shape index (κ3) is 5.13. The van der Waals surface area contributed by atoms with Gasteiger partial charge in [-0.1, -0.05) is 0 Å². The van der Waals surface area contributed by atoms with E-state index >= 15 is 0 Å². The van der Waals surface area contributed by atoms with Crippen LogP contribution in [0, 0.1) is 0 Å². The van der Waals surface area contributed by atoms with Gasteiger partial charge in [0.1, 0.15) is 0 Å². The molecule has 1 unspecified atom stereocenters. The molecule has 0 spiro atoms. The van der Waals surface area contributed by atoms with Crippen LogP contribution in [-0.2, 0) is 14.8 Å². The first-order valence-corrected chi connectivity index (χ1v) is 6.53. The maximum atomic E-state index is 11.4. The Kier molecular flexibility index (Phi) is 5.23. The molecule has 0 rings (SSSR count). The lowest BCUT2D eigenvalue weighted by molar-refractivity contribution is -0.122. The Morgan fingerprint density at radius 2 is 1.53 bits per heavy atom. The van der Waals surface area contributed by atoms with E-state index in [-0.39, 0.29) is 11.9 Å². The van der Waals surface area contributed by atoms with E-state index in [0.29, 0.717) is 0 Å². The van der Waals surface area contributed by atoms with Crippen LogP contribution >= 0.6 is 0 Å². The maximum Gasteiger partial charge on any atom is 0.238 e. The van der Waals surface area contributed by atoms with E-state index in [1.165, 1.54) is 6.92 Å². The molecule has 0 saturated carbocycles. The Hall–Kier alpha value is -0.620. The second-order valence-electron chi connectivity index (χ2n) is 4.10. The fourth-order valence-corrected chi connectivity index (χ4v) is 1.72. The van der Waals surface area contributed by atoms with E-state index in [1.807, 2.05) is 13.8 Å². The van der Waals surface area contributed by atoms with E-state index in [1.54, 1.807) is 13.8 Å². The van der Waals surface area contributed by atoms with Crippen molar-refractivity contribution in [3.8, 4) is 0 Å². The smallest absolute Gasteiger partial charge is 0.238 e. The molecule has 90 valence electrons. The van der Waals surface area contributed by atoms with Gasteiger partial charge >= 0.3 is 0 Å². The second kappa shape index (κ2) is 5.46. The van der Waals surface area contributed by atoms with E-state index in [9.17, 15) is 13.2 Å². The van der Waals surface area contributed by atoms with Gasteiger partial charge in [-0.2, -0.15) is 0 Å². The van der Waals surface area contributed by atoms with Gasteiger partial charge in [-0.15, -0.1) is 0 Å². The Morgan fingerprint density at radius 3 is 1.87 bits per heavy atom. The third-order valence-corrected chi connectivity index (χ3v) is 3.71. The molecular formula is C9H20N2O3S. The Balaban J connectivity index is 4.38. The summed E-state index contributed by atoms with van der Waals surface area (Å²) in [4.78, 5) is 11.4. The highest BCUT2D eigenvalue weighted by molar-refractivity contribution is 7.90. The topological polar surface area (TPSA) is 75.3 Å². The maximum absolute atomic E-state index is 11.4. The third-order valence-electron chi connectivity index (χ3n) is 1.79. The van der Waals surface area contributed by atoms with Gasteiger partial charge in [0.25, 0.3) is 0 Å². The average Bonchev–Trinajstić information content (AvgIpc) is 2.01. The van der Waals surface area contributed by atoms with Crippen molar-refractivity contribution in [1.29, 1.82) is 0 Å². The molecule has 1 atom stereocenters. The van der Waals surface area contributed by atoms with Crippen molar-refractivity contribution in [2.75, 3.05) is 0 Å². The van der Waals surface area contributed by atoms with Gasteiger partial charge in [-0.25, -0.2) is 13.1 Å². The number of sulfonamides is 1. The number of nitrogens with one attached hydrogen (secondary N) is 2. The van der Waals surface area contributed by atoms with Crippen molar-refractivity contribution in [2.24, 2.45) is 0 Å². The standard InChI is InChI=1S/C9H20N2O3S/c1-6(2)10-9(12)8(5)11-15(13,14)7(3)4/h6-8,11H,1-5H3,(H,10,12). The number of hydrogen-bond acceptors (Lipinski definition) is 3. The quantitative estimate of drug-likeness (QED) is 0.717. The molecule has 0 radical (unpaired) electrons. The van der Waals surface area contributed by atoms with E-state index in [0.717, 1.165) is 0 Å². The molecule has 0 aliphatic carbocycles. The van der Waals surface area contributed by atoms with Crippen LogP contribution in [-0.4, -0.2) is 31.7 Å². The van der Waals surface area contributed by atoms with Gasteiger partial charge in [0.2, 0.25) is 15.9 Å². The van der Waals surface area contributed by atoms with Crippen LogP contribution in [0.1, 0.15) is 34.6 Å². The normalized spacial score (nSPS) is 14.3. The lowest BCUT2D eigenvalue weighted by Gasteiger charge is -2.17. The van der Waals surface area contributed by atoms with Crippen LogP contribution in [0.3, 0.4) is 0 Å². The number of hydrogen-bond donors (Lipinski definition) is 2. The number of carbonyl (C=O) groups excluding carboxylic acids is 1. The molecule has 2 N–H and O–H groups in total. The van der Waals surface area contributed by atoms with Gasteiger partial charge in [0, 0.05) is 6.04 Å². The summed E-state index contributed by atoms with van der Waals surface area (Å²) < 4.78 is 25.2. The van der Waals surface area contributed by atoms with Crippen LogP contribution < -0.4 is 10.0 Å². The minimum atomic E-state index is -3.39. The molecule has 0 aromatic rings. The van der Waals surface area contributed by atoms with E-state index < -0.39 is 21.3 Å². The summed E-state index contributed by atoms with van der Waals surface area (Å²) in [6.07, 6.45) is 0. The Labute approximate surface area is 91.7 Å². The van der Waals surface area contributed by atoms with Gasteiger partial charge in [0.05, 0.1) is 11.3 Å². The minimum Gasteiger partial charge on any atom is -0.353 e. The summed E-state index contributed by atoms with van der Waals surface area (Å²) in [7, 11) is -3.39. The fourth-order valence-electron chi connectivity index (χ4n) is 0.846. The monoisotopic (exact) mass is 236 g/mol. The summed E-state index contributed by atoms with van der Waals surface area (Å²) in [5.74, 6) is -0.311. The van der Waals surface area contributed by atoms with Crippen molar-refractivity contribution in [3.05, 3.63) is 0 Å². The molecule has 1 amide bonds. The largest absolute Gasteiger partial charge is 0.353 e. The zero-order chi connectivity index (χ0) is 12.2. The number of amides is 1. The summed E-state index contributed by atoms with van der Waals surface area (Å²) in [6, 6.07) is -0.733.